The van der Waals surface area contributed by atoms with Crippen LogP contribution >= 0.6 is 0 Å². The summed E-state index contributed by atoms with van der Waals surface area (Å²) < 4.78 is 51.8. The number of carbonyl (C=O) groups excluding carboxylic acids is 2. The number of aromatic nitrogens is 1. The Morgan fingerprint density at radius 1 is 1.10 bits per heavy atom. The molecule has 12 heteroatoms. The molecule has 2 N–H and O–H groups in total. The fourth-order valence-electron chi connectivity index (χ4n) is 5.65. The minimum atomic E-state index is -4.39. The predicted molar refractivity (Wildman–Crippen MR) is 177 cm³/mol. The molecule has 0 unspecified atom stereocenters. The van der Waals surface area contributed by atoms with Crippen LogP contribution in [-0.4, -0.2) is 83.3 Å². The summed E-state index contributed by atoms with van der Waals surface area (Å²) in [6.45, 7) is 7.04. The largest absolute Gasteiger partial charge is 0.490 e. The lowest BCUT2D eigenvalue weighted by molar-refractivity contribution is -0.137. The first-order valence-corrected chi connectivity index (χ1v) is 16.3. The van der Waals surface area contributed by atoms with Crippen LogP contribution in [0.3, 0.4) is 0 Å². The van der Waals surface area contributed by atoms with E-state index in [0.29, 0.717) is 36.7 Å². The van der Waals surface area contributed by atoms with Gasteiger partial charge in [0.15, 0.2) is 0 Å². The van der Waals surface area contributed by atoms with Crippen LogP contribution in [0.1, 0.15) is 71.9 Å². The third-order valence-electron chi connectivity index (χ3n) is 8.48. The summed E-state index contributed by atoms with van der Waals surface area (Å²) in [6, 6.07) is 12.8. The van der Waals surface area contributed by atoms with Crippen molar-refractivity contribution in [2.45, 2.75) is 71.0 Å². The second-order valence-electron chi connectivity index (χ2n) is 12.6. The molecular weight excluding hydrogens is 625 g/mol. The van der Waals surface area contributed by atoms with Gasteiger partial charge in [0.1, 0.15) is 5.75 Å². The van der Waals surface area contributed by atoms with Crippen LogP contribution in [0.5, 0.6) is 5.75 Å². The van der Waals surface area contributed by atoms with Crippen molar-refractivity contribution in [3.63, 3.8) is 0 Å². The number of alkyl halides is 3. The molecule has 4 rings (SSSR count). The molecule has 0 radical (unpaired) electrons. The van der Waals surface area contributed by atoms with Crippen molar-refractivity contribution in [3.8, 4) is 5.75 Å². The second kappa shape index (κ2) is 16.9. The van der Waals surface area contributed by atoms with Gasteiger partial charge in [0.2, 0.25) is 0 Å². The molecule has 9 nitrogen and oxygen atoms in total. The fraction of sp³-hybridized carbons (Fsp3) is 0.472. The number of ether oxygens (including phenoxy) is 2. The molecule has 0 saturated carbocycles. The maximum absolute atomic E-state index is 14.3. The van der Waals surface area contributed by atoms with Gasteiger partial charge in [0.05, 0.1) is 36.0 Å². The maximum Gasteiger partial charge on any atom is 0.416 e. The molecule has 2 amide bonds. The molecule has 0 bridgehead atoms. The van der Waals surface area contributed by atoms with E-state index >= 15 is 0 Å². The number of likely N-dealkylation sites (N-methyl/N-ethyl adjacent to an activating group) is 1. The van der Waals surface area contributed by atoms with Gasteiger partial charge in [0, 0.05) is 55.8 Å². The molecule has 1 aromatic heterocycles. The van der Waals surface area contributed by atoms with E-state index < -0.39 is 17.8 Å². The van der Waals surface area contributed by atoms with Gasteiger partial charge in [-0.2, -0.15) is 13.2 Å². The number of fused-ring (bicyclic) bond motifs is 1. The lowest BCUT2D eigenvalue weighted by Crippen LogP contribution is -2.47. The summed E-state index contributed by atoms with van der Waals surface area (Å²) in [4.78, 5) is 34.8. The van der Waals surface area contributed by atoms with Crippen molar-refractivity contribution in [1.29, 1.82) is 0 Å². The molecular formula is C36H45F3N4O5. The Morgan fingerprint density at radius 3 is 2.48 bits per heavy atom. The number of benzene rings is 2. The Labute approximate surface area is 280 Å². The molecule has 0 spiro atoms. The Kier molecular flexibility index (Phi) is 13.0. The van der Waals surface area contributed by atoms with Crippen molar-refractivity contribution in [1.82, 2.24) is 14.8 Å². The number of nitrogens with one attached hydrogen (secondary N) is 1. The van der Waals surface area contributed by atoms with Gasteiger partial charge in [-0.15, -0.1) is 0 Å². The number of pyridine rings is 1. The fourth-order valence-corrected chi connectivity index (χ4v) is 5.65. The zero-order valence-corrected chi connectivity index (χ0v) is 27.9. The zero-order chi connectivity index (χ0) is 34.8. The normalized spacial score (nSPS) is 20.4. The summed E-state index contributed by atoms with van der Waals surface area (Å²) in [5.74, 6) is -0.508. The van der Waals surface area contributed by atoms with Gasteiger partial charge in [-0.1, -0.05) is 19.1 Å². The monoisotopic (exact) mass is 670 g/mol. The number of carbonyl (C=O) groups is 2. The molecule has 3 aromatic rings. The molecule has 0 aliphatic carbocycles. The summed E-state index contributed by atoms with van der Waals surface area (Å²) >= 11 is 0. The zero-order valence-electron chi connectivity index (χ0n) is 27.9. The number of aliphatic hydroxyl groups is 1. The average molecular weight is 671 g/mol. The second-order valence-corrected chi connectivity index (χ2v) is 12.6. The molecule has 48 heavy (non-hydrogen) atoms. The molecule has 0 saturated heterocycles. The Morgan fingerprint density at radius 2 is 1.81 bits per heavy atom. The number of halogens is 3. The average Bonchev–Trinajstić information content (AvgIpc) is 3.06. The lowest BCUT2D eigenvalue weighted by atomic mass is 10.0. The van der Waals surface area contributed by atoms with Crippen LogP contribution in [-0.2, 0) is 17.5 Å². The summed E-state index contributed by atoms with van der Waals surface area (Å²) in [5.41, 5.74) is 1.14. The van der Waals surface area contributed by atoms with Crippen LogP contribution < -0.4 is 10.1 Å². The van der Waals surface area contributed by atoms with E-state index in [1.54, 1.807) is 42.2 Å². The Balaban J connectivity index is 1.58. The van der Waals surface area contributed by atoms with Crippen LogP contribution in [0.15, 0.2) is 67.0 Å². The quantitative estimate of drug-likeness (QED) is 0.291. The first-order chi connectivity index (χ1) is 22.8. The van der Waals surface area contributed by atoms with Gasteiger partial charge >= 0.3 is 6.18 Å². The van der Waals surface area contributed by atoms with Crippen molar-refractivity contribution in [2.24, 2.45) is 5.92 Å². The van der Waals surface area contributed by atoms with E-state index in [4.69, 9.17) is 9.47 Å². The molecule has 2 aromatic carbocycles. The molecule has 260 valence electrons. The first-order valence-electron chi connectivity index (χ1n) is 16.3. The molecule has 0 fully saturated rings. The smallest absolute Gasteiger partial charge is 0.416 e. The first kappa shape index (κ1) is 36.8. The van der Waals surface area contributed by atoms with E-state index in [0.717, 1.165) is 37.0 Å². The van der Waals surface area contributed by atoms with Crippen LogP contribution in [0, 0.1) is 5.92 Å². The minimum Gasteiger partial charge on any atom is -0.490 e. The summed E-state index contributed by atoms with van der Waals surface area (Å²) in [6.07, 6.45) is 0.489. The predicted octanol–water partition coefficient (Wildman–Crippen LogP) is 6.28. The van der Waals surface area contributed by atoms with Gasteiger partial charge in [-0.05, 0) is 88.2 Å². The number of hydrogen-bond donors (Lipinski definition) is 2. The van der Waals surface area contributed by atoms with E-state index in [-0.39, 0.29) is 48.7 Å². The maximum atomic E-state index is 14.3. The van der Waals surface area contributed by atoms with Gasteiger partial charge < -0.3 is 24.8 Å². The number of hydrogen-bond acceptors (Lipinski definition) is 7. The third kappa shape index (κ3) is 10.2. The number of anilines is 1. The molecule has 1 aliphatic rings. The number of rotatable bonds is 8. The number of nitrogens with zero attached hydrogens (tertiary/aromatic N) is 3. The van der Waals surface area contributed by atoms with Crippen molar-refractivity contribution in [2.75, 3.05) is 38.7 Å². The highest BCUT2D eigenvalue weighted by Crippen LogP contribution is 2.30. The highest BCUT2D eigenvalue weighted by molar-refractivity contribution is 6.05. The van der Waals surface area contributed by atoms with E-state index in [2.05, 4.69) is 10.3 Å². The standard InChI is InChI=1S/C36H45F3N4O5/c1-24-20-43(25(2)23-44)35(46)31-19-30(41-34(45)28-14-16-40-17-15-28)12-13-32(31)48-26(3)7-5-6-18-47-33(24)22-42(4)21-27-8-10-29(11-9-27)36(37,38)39/h8-17,19,24-26,33,44H,5-7,18,20-23H2,1-4H3,(H,41,45)/t24-,25+,26-,33+/m0/s1. The van der Waals surface area contributed by atoms with Crippen molar-refractivity contribution < 1.29 is 37.3 Å². The summed E-state index contributed by atoms with van der Waals surface area (Å²) in [5, 5.41) is 13.0. The van der Waals surface area contributed by atoms with Crippen LogP contribution in [0.4, 0.5) is 18.9 Å². The molecule has 4 atom stereocenters. The van der Waals surface area contributed by atoms with Crippen molar-refractivity contribution in [3.05, 3.63) is 89.2 Å². The third-order valence-corrected chi connectivity index (χ3v) is 8.48. The molecule has 1 aliphatic heterocycles. The minimum absolute atomic E-state index is 0.182. The number of amides is 2. The molecule has 2 heterocycles. The van der Waals surface area contributed by atoms with Crippen LogP contribution in [0.25, 0.3) is 0 Å². The number of aliphatic hydroxyl groups excluding tert-OH is 1. The van der Waals surface area contributed by atoms with Crippen molar-refractivity contribution >= 4 is 17.5 Å². The summed E-state index contributed by atoms with van der Waals surface area (Å²) in [7, 11) is 1.88. The highest BCUT2D eigenvalue weighted by atomic mass is 19.4. The van der Waals surface area contributed by atoms with Crippen LogP contribution in [0.2, 0.25) is 0 Å². The van der Waals surface area contributed by atoms with Gasteiger partial charge in [0.25, 0.3) is 11.8 Å². The lowest BCUT2D eigenvalue weighted by Gasteiger charge is -2.36. The van der Waals surface area contributed by atoms with E-state index in [9.17, 15) is 27.9 Å². The highest BCUT2D eigenvalue weighted by Gasteiger charge is 2.32. The SMILES string of the molecule is C[C@H](CO)N1C[C@H](C)[C@@H](CN(C)Cc2ccc(C(F)(F)F)cc2)OCCCC[C@H](C)Oc2ccc(NC(=O)c3ccncc3)cc2C1=O. The Bertz CT molecular complexity index is 1490. The van der Waals surface area contributed by atoms with E-state index in [1.807, 2.05) is 25.8 Å². The van der Waals surface area contributed by atoms with Gasteiger partial charge in [-0.3, -0.25) is 19.5 Å². The van der Waals surface area contributed by atoms with Gasteiger partial charge in [-0.25, -0.2) is 0 Å². The topological polar surface area (TPSA) is 104 Å². The van der Waals surface area contributed by atoms with E-state index in [1.165, 1.54) is 24.5 Å². The Hall–Kier alpha value is -4.00.